The number of para-hydroxylation sites is 1. The van der Waals surface area contributed by atoms with E-state index >= 15 is 0 Å². The van der Waals surface area contributed by atoms with E-state index in [-0.39, 0.29) is 18.4 Å². The standard InChI is InChI=1S/C20H16BrN3O3S2/c1-11(23-19(26)16-8-9-17(21)28-16)18(25)22-10-12-6-7-14(27-12)20-24-13-4-2-3-5-15(13)29-20/h2-9,11H,10H2,1H3,(H,22,25)(H,23,26). The number of thiophene rings is 1. The predicted octanol–water partition coefficient (Wildman–Crippen LogP) is 4.82. The van der Waals surface area contributed by atoms with Crippen molar-refractivity contribution >= 4 is 60.6 Å². The molecule has 4 rings (SSSR count). The lowest BCUT2D eigenvalue weighted by atomic mass is 10.3. The number of carbonyl (C=O) groups excluding carboxylic acids is 2. The van der Waals surface area contributed by atoms with E-state index in [2.05, 4.69) is 31.5 Å². The number of hydrogen-bond acceptors (Lipinski definition) is 6. The van der Waals surface area contributed by atoms with Crippen molar-refractivity contribution in [2.75, 3.05) is 0 Å². The summed E-state index contributed by atoms with van der Waals surface area (Å²) in [5.41, 5.74) is 0.932. The fraction of sp³-hybridized carbons (Fsp3) is 0.150. The van der Waals surface area contributed by atoms with E-state index in [0.29, 0.717) is 16.4 Å². The highest BCUT2D eigenvalue weighted by atomic mass is 79.9. The average molecular weight is 490 g/mol. The van der Waals surface area contributed by atoms with Crippen molar-refractivity contribution < 1.29 is 14.0 Å². The molecule has 0 fully saturated rings. The molecule has 9 heteroatoms. The lowest BCUT2D eigenvalue weighted by molar-refractivity contribution is -0.122. The monoisotopic (exact) mass is 489 g/mol. The second kappa shape index (κ2) is 8.48. The maximum absolute atomic E-state index is 12.3. The van der Waals surface area contributed by atoms with Crippen molar-refractivity contribution in [3.05, 3.63) is 63.0 Å². The summed E-state index contributed by atoms with van der Waals surface area (Å²) in [4.78, 5) is 29.6. The molecule has 2 N–H and O–H groups in total. The van der Waals surface area contributed by atoms with Gasteiger partial charge >= 0.3 is 0 Å². The number of rotatable bonds is 6. The zero-order valence-corrected chi connectivity index (χ0v) is 18.5. The zero-order valence-electron chi connectivity index (χ0n) is 15.3. The van der Waals surface area contributed by atoms with Gasteiger partial charge < -0.3 is 15.1 Å². The summed E-state index contributed by atoms with van der Waals surface area (Å²) in [5.74, 6) is 0.722. The molecule has 1 aromatic carbocycles. The quantitative estimate of drug-likeness (QED) is 0.406. The first kappa shape index (κ1) is 19.8. The number of halogens is 1. The number of nitrogens with zero attached hydrogens (tertiary/aromatic N) is 1. The van der Waals surface area contributed by atoms with Gasteiger partial charge in [-0.15, -0.1) is 22.7 Å². The minimum absolute atomic E-state index is 0.231. The van der Waals surface area contributed by atoms with Crippen molar-refractivity contribution in [3.8, 4) is 10.8 Å². The molecule has 1 atom stereocenters. The van der Waals surface area contributed by atoms with E-state index < -0.39 is 6.04 Å². The van der Waals surface area contributed by atoms with Crippen LogP contribution < -0.4 is 10.6 Å². The predicted molar refractivity (Wildman–Crippen MR) is 118 cm³/mol. The molecule has 0 spiro atoms. The highest BCUT2D eigenvalue weighted by Gasteiger charge is 2.18. The number of amides is 2. The average Bonchev–Trinajstić information content (AvgIpc) is 3.44. The summed E-state index contributed by atoms with van der Waals surface area (Å²) >= 11 is 6.19. The van der Waals surface area contributed by atoms with Gasteiger partial charge in [0.05, 0.1) is 25.4 Å². The number of thiazole rings is 1. The van der Waals surface area contributed by atoms with Gasteiger partial charge in [0.25, 0.3) is 5.91 Å². The molecule has 3 heterocycles. The SMILES string of the molecule is CC(NC(=O)c1ccc(Br)s1)C(=O)NCc1ccc(-c2nc3ccccc3s2)o1. The van der Waals surface area contributed by atoms with E-state index in [9.17, 15) is 9.59 Å². The topological polar surface area (TPSA) is 84.2 Å². The molecule has 0 aliphatic rings. The normalized spacial score (nSPS) is 12.1. The smallest absolute Gasteiger partial charge is 0.262 e. The van der Waals surface area contributed by atoms with Gasteiger partial charge in [-0.05, 0) is 59.3 Å². The second-order valence-electron chi connectivity index (χ2n) is 6.27. The van der Waals surface area contributed by atoms with Gasteiger partial charge in [0.2, 0.25) is 5.91 Å². The molecular formula is C20H16BrN3O3S2. The van der Waals surface area contributed by atoms with E-state index in [4.69, 9.17) is 4.42 Å². The fourth-order valence-electron chi connectivity index (χ4n) is 2.66. The molecular weight excluding hydrogens is 474 g/mol. The second-order valence-corrected chi connectivity index (χ2v) is 9.76. The molecule has 0 aliphatic heterocycles. The third-order valence-corrected chi connectivity index (χ3v) is 6.81. The molecule has 148 valence electrons. The van der Waals surface area contributed by atoms with Gasteiger partial charge in [-0.3, -0.25) is 9.59 Å². The van der Waals surface area contributed by atoms with Crippen LogP contribution in [0.15, 0.2) is 56.7 Å². The Labute approximate surface area is 183 Å². The lowest BCUT2D eigenvalue weighted by Gasteiger charge is -2.12. The number of fused-ring (bicyclic) bond motifs is 1. The largest absolute Gasteiger partial charge is 0.457 e. The van der Waals surface area contributed by atoms with Crippen LogP contribution in [0.3, 0.4) is 0 Å². The van der Waals surface area contributed by atoms with Crippen LogP contribution in [0.1, 0.15) is 22.4 Å². The van der Waals surface area contributed by atoms with E-state index in [0.717, 1.165) is 19.0 Å². The minimum atomic E-state index is -0.665. The Morgan fingerprint density at radius 3 is 2.72 bits per heavy atom. The van der Waals surface area contributed by atoms with Crippen LogP contribution in [-0.2, 0) is 11.3 Å². The Morgan fingerprint density at radius 2 is 1.97 bits per heavy atom. The summed E-state index contributed by atoms with van der Waals surface area (Å²) in [6, 6.07) is 14.4. The third-order valence-electron chi connectivity index (χ3n) is 4.14. The highest BCUT2D eigenvalue weighted by molar-refractivity contribution is 9.11. The Hall–Kier alpha value is -2.49. The summed E-state index contributed by atoms with van der Waals surface area (Å²) < 4.78 is 7.78. The Bertz CT molecular complexity index is 1150. The summed E-state index contributed by atoms with van der Waals surface area (Å²) in [6.07, 6.45) is 0. The molecule has 2 amide bonds. The molecule has 0 radical (unpaired) electrons. The van der Waals surface area contributed by atoms with Crippen LogP contribution in [0.4, 0.5) is 0 Å². The Kier molecular flexibility index (Phi) is 5.79. The fourth-order valence-corrected chi connectivity index (χ4v) is 4.88. The number of furan rings is 1. The van der Waals surface area contributed by atoms with Crippen LogP contribution in [0, 0.1) is 0 Å². The molecule has 0 saturated heterocycles. The summed E-state index contributed by atoms with van der Waals surface area (Å²) in [7, 11) is 0. The number of hydrogen-bond donors (Lipinski definition) is 2. The van der Waals surface area contributed by atoms with Gasteiger partial charge in [-0.1, -0.05) is 12.1 Å². The van der Waals surface area contributed by atoms with Crippen molar-refractivity contribution in [2.45, 2.75) is 19.5 Å². The van der Waals surface area contributed by atoms with Crippen molar-refractivity contribution in [2.24, 2.45) is 0 Å². The zero-order chi connectivity index (χ0) is 20.4. The van der Waals surface area contributed by atoms with Crippen LogP contribution in [-0.4, -0.2) is 22.8 Å². The van der Waals surface area contributed by atoms with Crippen LogP contribution in [0.2, 0.25) is 0 Å². The van der Waals surface area contributed by atoms with Crippen LogP contribution >= 0.6 is 38.6 Å². The van der Waals surface area contributed by atoms with Crippen molar-refractivity contribution in [1.29, 1.82) is 0 Å². The Balaban J connectivity index is 1.34. The molecule has 4 aromatic rings. The molecule has 6 nitrogen and oxygen atoms in total. The molecule has 0 aliphatic carbocycles. The maximum atomic E-state index is 12.3. The van der Waals surface area contributed by atoms with Crippen molar-refractivity contribution in [3.63, 3.8) is 0 Å². The van der Waals surface area contributed by atoms with E-state index in [1.165, 1.54) is 11.3 Å². The molecule has 29 heavy (non-hydrogen) atoms. The third kappa shape index (κ3) is 4.58. The molecule has 0 bridgehead atoms. The first-order chi connectivity index (χ1) is 14.0. The number of benzene rings is 1. The van der Waals surface area contributed by atoms with E-state index in [1.54, 1.807) is 30.4 Å². The van der Waals surface area contributed by atoms with Crippen molar-refractivity contribution in [1.82, 2.24) is 15.6 Å². The van der Waals surface area contributed by atoms with Gasteiger partial charge in [0, 0.05) is 0 Å². The molecule has 1 unspecified atom stereocenters. The Morgan fingerprint density at radius 1 is 1.14 bits per heavy atom. The number of aromatic nitrogens is 1. The molecule has 3 aromatic heterocycles. The van der Waals surface area contributed by atoms with Crippen LogP contribution in [0.25, 0.3) is 21.0 Å². The first-order valence-corrected chi connectivity index (χ1v) is 11.2. The first-order valence-electron chi connectivity index (χ1n) is 8.78. The lowest BCUT2D eigenvalue weighted by Crippen LogP contribution is -2.44. The van der Waals surface area contributed by atoms with Crippen LogP contribution in [0.5, 0.6) is 0 Å². The number of nitrogens with one attached hydrogen (secondary N) is 2. The van der Waals surface area contributed by atoms with Gasteiger partial charge in [0.1, 0.15) is 11.8 Å². The summed E-state index contributed by atoms with van der Waals surface area (Å²) in [5, 5.41) is 6.27. The van der Waals surface area contributed by atoms with Gasteiger partial charge in [-0.2, -0.15) is 0 Å². The minimum Gasteiger partial charge on any atom is -0.457 e. The van der Waals surface area contributed by atoms with Gasteiger partial charge in [0.15, 0.2) is 10.8 Å². The number of carbonyl (C=O) groups is 2. The van der Waals surface area contributed by atoms with Gasteiger partial charge in [-0.25, -0.2) is 4.98 Å². The highest BCUT2D eigenvalue weighted by Crippen LogP contribution is 2.31. The maximum Gasteiger partial charge on any atom is 0.262 e. The summed E-state index contributed by atoms with van der Waals surface area (Å²) in [6.45, 7) is 1.87. The van der Waals surface area contributed by atoms with E-state index in [1.807, 2.05) is 36.4 Å². The molecule has 0 saturated carbocycles.